The fraction of sp³-hybridized carbons (Fsp3) is 0.917. The van der Waals surface area contributed by atoms with Gasteiger partial charge in [-0.2, -0.15) is 0 Å². The molecule has 104 valence electrons. The first-order valence-electron chi connectivity index (χ1n) is 5.81. The van der Waals surface area contributed by atoms with Gasteiger partial charge in [-0.15, -0.1) is 0 Å². The maximum Gasteiger partial charge on any atom is 0.323 e. The van der Waals surface area contributed by atoms with Crippen molar-refractivity contribution in [2.45, 2.75) is 52.6 Å². The van der Waals surface area contributed by atoms with E-state index >= 15 is 0 Å². The smallest absolute Gasteiger partial charge is 0.323 e. The molecule has 5 heteroatoms. The zero-order valence-corrected chi connectivity index (χ0v) is 11.8. The van der Waals surface area contributed by atoms with Crippen molar-refractivity contribution in [3.05, 3.63) is 0 Å². The molecule has 0 saturated heterocycles. The molecule has 0 aromatic heterocycles. The quantitative estimate of drug-likeness (QED) is 0.588. The molecule has 0 radical (unpaired) electrons. The van der Waals surface area contributed by atoms with E-state index in [0.29, 0.717) is 5.92 Å². The summed E-state index contributed by atoms with van der Waals surface area (Å²) in [5, 5.41) is 17.1. The van der Waals surface area contributed by atoms with Crippen molar-refractivity contribution < 1.29 is 15.0 Å². The summed E-state index contributed by atoms with van der Waals surface area (Å²) in [5.41, 5.74) is 9.53. The van der Waals surface area contributed by atoms with E-state index in [0.717, 1.165) is 0 Å². The van der Waals surface area contributed by atoms with Gasteiger partial charge < -0.3 is 21.7 Å². The lowest BCUT2D eigenvalue weighted by Crippen LogP contribution is -2.49. The van der Waals surface area contributed by atoms with Crippen molar-refractivity contribution in [1.82, 2.24) is 0 Å². The first-order valence-corrected chi connectivity index (χ1v) is 5.81. The van der Waals surface area contributed by atoms with E-state index in [9.17, 15) is 4.79 Å². The molecule has 0 rings (SSSR count). The van der Waals surface area contributed by atoms with Gasteiger partial charge in [-0.3, -0.25) is 4.79 Å². The van der Waals surface area contributed by atoms with Crippen molar-refractivity contribution in [3.63, 3.8) is 0 Å². The molecule has 0 bridgehead atoms. The molecule has 0 fully saturated rings. The number of hydrogen-bond acceptors (Lipinski definition) is 4. The molecule has 17 heavy (non-hydrogen) atoms. The fourth-order valence-corrected chi connectivity index (χ4v) is 0.430. The lowest BCUT2D eigenvalue weighted by molar-refractivity contribution is -0.144. The highest BCUT2D eigenvalue weighted by Gasteiger charge is 2.31. The number of carbonyl (C=O) groups is 1. The second kappa shape index (κ2) is 6.93. The largest absolute Gasteiger partial charge is 0.480 e. The predicted molar refractivity (Wildman–Crippen MR) is 69.6 cm³/mol. The third-order valence-electron chi connectivity index (χ3n) is 3.32. The van der Waals surface area contributed by atoms with Gasteiger partial charge in [0.05, 0.1) is 6.61 Å². The molecular weight excluding hydrogens is 220 g/mol. The van der Waals surface area contributed by atoms with Crippen LogP contribution in [0.4, 0.5) is 0 Å². The molecule has 0 saturated carbocycles. The van der Waals surface area contributed by atoms with Crippen molar-refractivity contribution in [3.8, 4) is 0 Å². The Balaban J connectivity index is 0. The van der Waals surface area contributed by atoms with Crippen LogP contribution in [-0.2, 0) is 4.79 Å². The summed E-state index contributed by atoms with van der Waals surface area (Å²) in [6, 6.07) is 0. The Morgan fingerprint density at radius 3 is 1.47 bits per heavy atom. The lowest BCUT2D eigenvalue weighted by Gasteiger charge is -2.25. The molecule has 0 amide bonds. The van der Waals surface area contributed by atoms with E-state index in [1.165, 1.54) is 6.92 Å². The Kier molecular flexibility index (Phi) is 7.63. The average molecular weight is 248 g/mol. The van der Waals surface area contributed by atoms with Crippen LogP contribution < -0.4 is 11.5 Å². The van der Waals surface area contributed by atoms with Crippen molar-refractivity contribution in [1.29, 1.82) is 0 Å². The van der Waals surface area contributed by atoms with Crippen LogP contribution >= 0.6 is 0 Å². The molecule has 0 unspecified atom stereocenters. The zero-order chi connectivity index (χ0) is 14.4. The van der Waals surface area contributed by atoms with Crippen LogP contribution in [0.1, 0.15) is 41.5 Å². The summed E-state index contributed by atoms with van der Waals surface area (Å²) in [4.78, 5) is 10.3. The summed E-state index contributed by atoms with van der Waals surface area (Å²) in [5.74, 6) is -0.639. The normalized spacial score (nSPS) is 18.1. The molecule has 5 nitrogen and oxygen atoms in total. The minimum absolute atomic E-state index is 0.0324. The minimum Gasteiger partial charge on any atom is -0.480 e. The average Bonchev–Trinajstić information content (AvgIpc) is 2.17. The summed E-state index contributed by atoms with van der Waals surface area (Å²) >= 11 is 0. The van der Waals surface area contributed by atoms with E-state index in [1.807, 2.05) is 20.8 Å². The van der Waals surface area contributed by atoms with Gasteiger partial charge in [-0.25, -0.2) is 0 Å². The molecule has 6 N–H and O–H groups in total. The minimum atomic E-state index is -1.08. The van der Waals surface area contributed by atoms with Gasteiger partial charge in [0.15, 0.2) is 0 Å². The van der Waals surface area contributed by atoms with Crippen LogP contribution in [0.25, 0.3) is 0 Å². The van der Waals surface area contributed by atoms with Crippen LogP contribution in [0, 0.1) is 11.8 Å². The zero-order valence-electron chi connectivity index (χ0n) is 11.8. The summed E-state index contributed by atoms with van der Waals surface area (Å²) in [7, 11) is 0. The first kappa shape index (κ1) is 18.7. The highest BCUT2D eigenvalue weighted by Crippen LogP contribution is 2.12. The SMILES string of the molecule is CC(C)[C@](C)(N)C(=O)O.CC(C)[C@](C)(N)CO. The molecule has 0 aliphatic rings. The fourth-order valence-electron chi connectivity index (χ4n) is 0.430. The Labute approximate surface area is 104 Å². The number of nitrogens with two attached hydrogens (primary N) is 2. The lowest BCUT2D eigenvalue weighted by atomic mass is 9.90. The number of aliphatic carboxylic acids is 1. The highest BCUT2D eigenvalue weighted by atomic mass is 16.4. The van der Waals surface area contributed by atoms with Gasteiger partial charge >= 0.3 is 5.97 Å². The molecular formula is C12H28N2O3. The first-order chi connectivity index (χ1) is 7.39. The van der Waals surface area contributed by atoms with E-state index in [4.69, 9.17) is 21.7 Å². The number of aliphatic hydroxyl groups excluding tert-OH is 1. The van der Waals surface area contributed by atoms with Crippen LogP contribution in [0.15, 0.2) is 0 Å². The number of rotatable bonds is 4. The van der Waals surface area contributed by atoms with Gasteiger partial charge in [-0.05, 0) is 25.7 Å². The van der Waals surface area contributed by atoms with E-state index in [1.54, 1.807) is 13.8 Å². The van der Waals surface area contributed by atoms with Crippen molar-refractivity contribution in [2.24, 2.45) is 23.3 Å². The molecule has 0 aromatic rings. The van der Waals surface area contributed by atoms with E-state index < -0.39 is 17.0 Å². The van der Waals surface area contributed by atoms with E-state index in [2.05, 4.69) is 0 Å². The van der Waals surface area contributed by atoms with Crippen LogP contribution in [0.5, 0.6) is 0 Å². The van der Waals surface area contributed by atoms with Gasteiger partial charge in [0.2, 0.25) is 0 Å². The third-order valence-corrected chi connectivity index (χ3v) is 3.32. The van der Waals surface area contributed by atoms with E-state index in [-0.39, 0.29) is 12.5 Å². The number of carboxylic acids is 1. The Hall–Kier alpha value is -0.650. The predicted octanol–water partition coefficient (Wildman–Crippen LogP) is 0.797. The maximum absolute atomic E-state index is 10.3. The number of hydrogen-bond donors (Lipinski definition) is 4. The van der Waals surface area contributed by atoms with Crippen molar-refractivity contribution in [2.75, 3.05) is 6.61 Å². The topological polar surface area (TPSA) is 110 Å². The molecule has 2 atom stereocenters. The number of aliphatic hydroxyl groups is 1. The third kappa shape index (κ3) is 6.61. The summed E-state index contributed by atoms with van der Waals surface area (Å²) < 4.78 is 0. The van der Waals surface area contributed by atoms with Gasteiger partial charge in [0.25, 0.3) is 0 Å². The van der Waals surface area contributed by atoms with Crippen molar-refractivity contribution >= 4 is 5.97 Å². The van der Waals surface area contributed by atoms with Gasteiger partial charge in [0, 0.05) is 5.54 Å². The standard InChI is InChI=1S/C6H13NO2.C6H15NO/c1-4(2)6(3,7)5(8)9;1-5(2)6(3,7)4-8/h4H,7H2,1-3H3,(H,8,9);5,8H,4,7H2,1-3H3/t2*6-/m01/s1. The Morgan fingerprint density at radius 1 is 1.12 bits per heavy atom. The summed E-state index contributed by atoms with van der Waals surface area (Å²) in [6.07, 6.45) is 0. The molecule has 0 spiro atoms. The van der Waals surface area contributed by atoms with Gasteiger partial charge in [0.1, 0.15) is 5.54 Å². The molecule has 0 aliphatic heterocycles. The van der Waals surface area contributed by atoms with Crippen LogP contribution in [0.2, 0.25) is 0 Å². The monoisotopic (exact) mass is 248 g/mol. The molecule has 0 heterocycles. The number of carboxylic acid groups (broad SMARTS) is 1. The Bertz CT molecular complexity index is 236. The molecule has 0 aromatic carbocycles. The van der Waals surface area contributed by atoms with Crippen LogP contribution in [-0.4, -0.2) is 33.9 Å². The summed E-state index contributed by atoms with van der Waals surface area (Å²) in [6.45, 7) is 11.0. The maximum atomic E-state index is 10.3. The second-order valence-corrected chi connectivity index (χ2v) is 5.56. The Morgan fingerprint density at radius 2 is 1.47 bits per heavy atom. The molecule has 0 aliphatic carbocycles. The van der Waals surface area contributed by atoms with Gasteiger partial charge in [-0.1, -0.05) is 27.7 Å². The highest BCUT2D eigenvalue weighted by molar-refractivity contribution is 5.78. The van der Waals surface area contributed by atoms with Crippen LogP contribution in [0.3, 0.4) is 0 Å². The second-order valence-electron chi connectivity index (χ2n) is 5.56.